The number of carbonyl (C=O) groups is 1. The van der Waals surface area contributed by atoms with Gasteiger partial charge in [-0.2, -0.15) is 0 Å². The molecule has 0 aromatic carbocycles. The number of amides is 1. The van der Waals surface area contributed by atoms with Gasteiger partial charge < -0.3 is 4.90 Å². The van der Waals surface area contributed by atoms with E-state index in [9.17, 15) is 4.79 Å². The first-order valence-electron chi connectivity index (χ1n) is 5.34. The molecule has 0 aromatic heterocycles. The summed E-state index contributed by atoms with van der Waals surface area (Å²) in [6.07, 6.45) is 5.33. The molecule has 2 aliphatic rings. The Morgan fingerprint density at radius 1 is 1.62 bits per heavy atom. The number of nitrogens with zero attached hydrogens (tertiary/aromatic N) is 1. The van der Waals surface area contributed by atoms with Crippen LogP contribution in [0.3, 0.4) is 0 Å². The van der Waals surface area contributed by atoms with Crippen molar-refractivity contribution >= 4 is 5.91 Å². The Balaban J connectivity index is 2.06. The molecule has 13 heavy (non-hydrogen) atoms. The summed E-state index contributed by atoms with van der Waals surface area (Å²) >= 11 is 0. The van der Waals surface area contributed by atoms with Crippen LogP contribution in [0.4, 0.5) is 0 Å². The van der Waals surface area contributed by atoms with Crippen molar-refractivity contribution in [2.75, 3.05) is 13.1 Å². The zero-order chi connectivity index (χ0) is 9.31. The smallest absolute Gasteiger partial charge is 0.224 e. The normalized spacial score (nSPS) is 32.7. The molecule has 0 saturated carbocycles. The summed E-state index contributed by atoms with van der Waals surface area (Å²) in [5, 5.41) is 3.50. The van der Waals surface area contributed by atoms with Crippen LogP contribution >= 0.6 is 0 Å². The first-order valence-corrected chi connectivity index (χ1v) is 5.34. The van der Waals surface area contributed by atoms with Gasteiger partial charge in [-0.05, 0) is 12.8 Å². The van der Waals surface area contributed by atoms with Crippen molar-refractivity contribution in [3.63, 3.8) is 0 Å². The van der Waals surface area contributed by atoms with E-state index in [1.165, 1.54) is 12.8 Å². The van der Waals surface area contributed by atoms with Crippen LogP contribution in [0.25, 0.3) is 0 Å². The Morgan fingerprint density at radius 2 is 2.46 bits per heavy atom. The van der Waals surface area contributed by atoms with E-state index < -0.39 is 0 Å². The Morgan fingerprint density at radius 3 is 3.23 bits per heavy atom. The predicted molar refractivity (Wildman–Crippen MR) is 51.2 cm³/mol. The van der Waals surface area contributed by atoms with Gasteiger partial charge in [0.2, 0.25) is 5.91 Å². The summed E-state index contributed by atoms with van der Waals surface area (Å²) in [6.45, 7) is 4.10. The monoisotopic (exact) mass is 182 g/mol. The fourth-order valence-electron chi connectivity index (χ4n) is 2.56. The number of fused-ring (bicyclic) bond motifs is 1. The second-order valence-electron chi connectivity index (χ2n) is 4.11. The van der Waals surface area contributed by atoms with E-state index >= 15 is 0 Å². The Bertz CT molecular complexity index is 217. The standard InChI is InChI=1S/C10H18N2O/c1-2-3-5-10-6-4-9(13)12(10)8-7-11-10/h11H,2-8H2,1H3/t10-/m1/s1. The fourth-order valence-corrected chi connectivity index (χ4v) is 2.56. The molecule has 0 aromatic rings. The van der Waals surface area contributed by atoms with Gasteiger partial charge >= 0.3 is 0 Å². The molecule has 3 nitrogen and oxygen atoms in total. The summed E-state index contributed by atoms with van der Waals surface area (Å²) in [4.78, 5) is 13.6. The molecule has 1 amide bonds. The highest BCUT2D eigenvalue weighted by Gasteiger charge is 2.47. The second-order valence-corrected chi connectivity index (χ2v) is 4.11. The van der Waals surface area contributed by atoms with Crippen molar-refractivity contribution < 1.29 is 4.79 Å². The lowest BCUT2D eigenvalue weighted by atomic mass is 10.0. The van der Waals surface area contributed by atoms with Gasteiger partial charge in [-0.15, -0.1) is 0 Å². The van der Waals surface area contributed by atoms with Crippen molar-refractivity contribution in [2.45, 2.75) is 44.7 Å². The number of unbranched alkanes of at least 4 members (excludes halogenated alkanes) is 1. The quantitative estimate of drug-likeness (QED) is 0.709. The number of rotatable bonds is 3. The van der Waals surface area contributed by atoms with Gasteiger partial charge in [0, 0.05) is 19.5 Å². The molecule has 2 fully saturated rings. The fraction of sp³-hybridized carbons (Fsp3) is 0.900. The van der Waals surface area contributed by atoms with Crippen molar-refractivity contribution in [1.29, 1.82) is 0 Å². The molecule has 2 rings (SSSR count). The van der Waals surface area contributed by atoms with Gasteiger partial charge in [0.15, 0.2) is 0 Å². The van der Waals surface area contributed by atoms with Crippen LogP contribution in [-0.4, -0.2) is 29.6 Å². The van der Waals surface area contributed by atoms with Crippen LogP contribution in [0, 0.1) is 0 Å². The zero-order valence-corrected chi connectivity index (χ0v) is 8.31. The average Bonchev–Trinajstić information content (AvgIpc) is 2.65. The Labute approximate surface area is 79.5 Å². The Hall–Kier alpha value is -0.570. The highest BCUT2D eigenvalue weighted by molar-refractivity contribution is 5.80. The minimum absolute atomic E-state index is 0.0626. The van der Waals surface area contributed by atoms with Crippen LogP contribution in [0.2, 0.25) is 0 Å². The van der Waals surface area contributed by atoms with Crippen molar-refractivity contribution in [3.05, 3.63) is 0 Å². The van der Waals surface area contributed by atoms with Gasteiger partial charge in [0.1, 0.15) is 0 Å². The van der Waals surface area contributed by atoms with E-state index in [-0.39, 0.29) is 5.66 Å². The van der Waals surface area contributed by atoms with Crippen LogP contribution in [-0.2, 0) is 4.79 Å². The molecular formula is C10H18N2O. The van der Waals surface area contributed by atoms with E-state index in [4.69, 9.17) is 0 Å². The summed E-state index contributed by atoms with van der Waals surface area (Å²) < 4.78 is 0. The first kappa shape index (κ1) is 9.00. The molecule has 2 saturated heterocycles. The summed E-state index contributed by atoms with van der Waals surface area (Å²) in [6, 6.07) is 0. The molecule has 2 heterocycles. The minimum Gasteiger partial charge on any atom is -0.323 e. The maximum Gasteiger partial charge on any atom is 0.224 e. The van der Waals surface area contributed by atoms with Gasteiger partial charge in [0.05, 0.1) is 5.66 Å². The van der Waals surface area contributed by atoms with Crippen molar-refractivity contribution in [3.8, 4) is 0 Å². The lowest BCUT2D eigenvalue weighted by molar-refractivity contribution is -0.130. The lowest BCUT2D eigenvalue weighted by Crippen LogP contribution is -2.48. The SMILES string of the molecule is CCCC[C@]12CCC(=O)N1CCN2. The molecule has 1 atom stereocenters. The van der Waals surface area contributed by atoms with Gasteiger partial charge in [-0.25, -0.2) is 0 Å². The van der Waals surface area contributed by atoms with Crippen LogP contribution in [0.15, 0.2) is 0 Å². The number of nitrogens with one attached hydrogen (secondary N) is 1. The molecule has 0 radical (unpaired) electrons. The van der Waals surface area contributed by atoms with Crippen molar-refractivity contribution in [2.24, 2.45) is 0 Å². The zero-order valence-electron chi connectivity index (χ0n) is 8.31. The number of hydrogen-bond donors (Lipinski definition) is 1. The van der Waals surface area contributed by atoms with Crippen LogP contribution in [0.1, 0.15) is 39.0 Å². The molecule has 0 aliphatic carbocycles. The summed E-state index contributed by atoms with van der Waals surface area (Å²) in [5.74, 6) is 0.348. The van der Waals surface area contributed by atoms with Crippen molar-refractivity contribution in [1.82, 2.24) is 10.2 Å². The molecule has 2 aliphatic heterocycles. The average molecular weight is 182 g/mol. The number of carbonyl (C=O) groups excluding carboxylic acids is 1. The third-order valence-electron chi connectivity index (χ3n) is 3.30. The molecular weight excluding hydrogens is 164 g/mol. The molecule has 0 unspecified atom stereocenters. The Kier molecular flexibility index (Phi) is 2.28. The molecule has 0 bridgehead atoms. The molecule has 74 valence electrons. The van der Waals surface area contributed by atoms with Gasteiger partial charge in [-0.1, -0.05) is 19.8 Å². The second kappa shape index (κ2) is 3.29. The van der Waals surface area contributed by atoms with Gasteiger partial charge in [-0.3, -0.25) is 10.1 Å². The topological polar surface area (TPSA) is 32.3 Å². The summed E-state index contributed by atoms with van der Waals surface area (Å²) in [5.41, 5.74) is 0.0626. The van der Waals surface area contributed by atoms with E-state index in [1.54, 1.807) is 0 Å². The molecule has 1 N–H and O–H groups in total. The van der Waals surface area contributed by atoms with E-state index in [1.807, 2.05) is 0 Å². The van der Waals surface area contributed by atoms with Gasteiger partial charge in [0.25, 0.3) is 0 Å². The first-order chi connectivity index (χ1) is 6.28. The van der Waals surface area contributed by atoms with E-state index in [0.29, 0.717) is 5.91 Å². The van der Waals surface area contributed by atoms with Crippen LogP contribution < -0.4 is 5.32 Å². The molecule has 0 spiro atoms. The van der Waals surface area contributed by atoms with E-state index in [0.717, 1.165) is 32.4 Å². The maximum absolute atomic E-state index is 11.5. The predicted octanol–water partition coefficient (Wildman–Crippen LogP) is 1.10. The third kappa shape index (κ3) is 1.35. The maximum atomic E-state index is 11.5. The third-order valence-corrected chi connectivity index (χ3v) is 3.30. The molecule has 3 heteroatoms. The minimum atomic E-state index is 0.0626. The number of hydrogen-bond acceptors (Lipinski definition) is 2. The lowest BCUT2D eigenvalue weighted by Gasteiger charge is -2.31. The van der Waals surface area contributed by atoms with E-state index in [2.05, 4.69) is 17.1 Å². The highest BCUT2D eigenvalue weighted by atomic mass is 16.2. The van der Waals surface area contributed by atoms with Crippen LogP contribution in [0.5, 0.6) is 0 Å². The largest absolute Gasteiger partial charge is 0.323 e. The highest BCUT2D eigenvalue weighted by Crippen LogP contribution is 2.34. The summed E-state index contributed by atoms with van der Waals surface area (Å²) in [7, 11) is 0.